The van der Waals surface area contributed by atoms with Crippen LogP contribution < -0.4 is 0 Å². The van der Waals surface area contributed by atoms with Crippen LogP contribution in [0.3, 0.4) is 0 Å². The lowest BCUT2D eigenvalue weighted by atomic mass is 9.76. The summed E-state index contributed by atoms with van der Waals surface area (Å²) in [6, 6.07) is 0. The Labute approximate surface area is 98.6 Å². The lowest BCUT2D eigenvalue weighted by molar-refractivity contribution is 0.251. The van der Waals surface area contributed by atoms with Crippen LogP contribution in [0.25, 0.3) is 0 Å². The minimum atomic E-state index is 0.144. The first-order valence-corrected chi connectivity index (χ1v) is 6.66. The Kier molecular flexibility index (Phi) is 2.16. The second-order valence-electron chi connectivity index (χ2n) is 6.59. The number of fused-ring (bicyclic) bond motifs is 1. The zero-order chi connectivity index (χ0) is 11.4. The van der Waals surface area contributed by atoms with Crippen molar-refractivity contribution >= 4 is 0 Å². The molecule has 0 saturated carbocycles. The van der Waals surface area contributed by atoms with Crippen molar-refractivity contribution < 1.29 is 4.74 Å². The van der Waals surface area contributed by atoms with Gasteiger partial charge in [0, 0.05) is 18.8 Å². The fourth-order valence-corrected chi connectivity index (χ4v) is 3.58. The van der Waals surface area contributed by atoms with E-state index in [2.05, 4.69) is 31.7 Å². The van der Waals surface area contributed by atoms with Crippen LogP contribution >= 0.6 is 0 Å². The maximum atomic E-state index is 5.96. The topological polar surface area (TPSA) is 15.8 Å². The molecule has 2 fully saturated rings. The average molecular weight is 221 g/mol. The van der Waals surface area contributed by atoms with Gasteiger partial charge in [-0.1, -0.05) is 19.9 Å². The zero-order valence-electron chi connectivity index (χ0n) is 10.8. The lowest BCUT2D eigenvalue weighted by Gasteiger charge is -2.36. The SMILES string of the molecule is CC1(C)C=C(N2CCCCC2)C2OC2(C)C1. The van der Waals surface area contributed by atoms with Gasteiger partial charge in [0.25, 0.3) is 0 Å². The highest BCUT2D eigenvalue weighted by atomic mass is 16.6. The number of nitrogens with zero attached hydrogens (tertiary/aromatic N) is 1. The smallest absolute Gasteiger partial charge is 0.126 e. The van der Waals surface area contributed by atoms with E-state index in [9.17, 15) is 0 Å². The number of piperidine rings is 1. The van der Waals surface area contributed by atoms with E-state index in [1.165, 1.54) is 44.5 Å². The molecule has 2 heterocycles. The van der Waals surface area contributed by atoms with Crippen molar-refractivity contribution in [3.63, 3.8) is 0 Å². The van der Waals surface area contributed by atoms with Crippen molar-refractivity contribution in [1.82, 2.24) is 4.90 Å². The predicted octanol–water partition coefficient (Wildman–Crippen LogP) is 2.94. The number of epoxide rings is 1. The molecule has 3 aliphatic rings. The molecular formula is C14H23NO. The highest BCUT2D eigenvalue weighted by Crippen LogP contribution is 2.54. The van der Waals surface area contributed by atoms with E-state index in [0.717, 1.165) is 0 Å². The summed E-state index contributed by atoms with van der Waals surface area (Å²) in [6.45, 7) is 9.41. The third-order valence-corrected chi connectivity index (χ3v) is 4.22. The molecule has 0 aromatic carbocycles. The molecular weight excluding hydrogens is 198 g/mol. The summed E-state index contributed by atoms with van der Waals surface area (Å²) in [5, 5.41) is 0. The molecule has 3 rings (SSSR count). The Morgan fingerprint density at radius 3 is 2.56 bits per heavy atom. The van der Waals surface area contributed by atoms with Crippen molar-refractivity contribution in [1.29, 1.82) is 0 Å². The van der Waals surface area contributed by atoms with Crippen LogP contribution in [0.4, 0.5) is 0 Å². The summed E-state index contributed by atoms with van der Waals surface area (Å²) in [5.74, 6) is 0. The molecule has 2 heteroatoms. The molecule has 0 aromatic heterocycles. The minimum Gasteiger partial charge on any atom is -0.373 e. The second-order valence-corrected chi connectivity index (χ2v) is 6.59. The number of ether oxygens (including phenoxy) is 1. The molecule has 2 saturated heterocycles. The number of hydrogen-bond donors (Lipinski definition) is 0. The first-order chi connectivity index (χ1) is 7.50. The van der Waals surface area contributed by atoms with Gasteiger partial charge in [0.15, 0.2) is 0 Å². The van der Waals surface area contributed by atoms with Crippen molar-refractivity contribution in [2.45, 2.75) is 58.2 Å². The highest BCUT2D eigenvalue weighted by molar-refractivity contribution is 5.29. The number of likely N-dealkylation sites (tertiary alicyclic amines) is 1. The van der Waals surface area contributed by atoms with Crippen LogP contribution in [0.5, 0.6) is 0 Å². The molecule has 16 heavy (non-hydrogen) atoms. The Bertz CT molecular complexity index is 328. The van der Waals surface area contributed by atoms with Gasteiger partial charge in [-0.05, 0) is 38.0 Å². The van der Waals surface area contributed by atoms with Crippen molar-refractivity contribution in [3.8, 4) is 0 Å². The predicted molar refractivity (Wildman–Crippen MR) is 65.2 cm³/mol. The molecule has 2 unspecified atom stereocenters. The second kappa shape index (κ2) is 3.25. The van der Waals surface area contributed by atoms with Crippen LogP contribution in [-0.2, 0) is 4.74 Å². The van der Waals surface area contributed by atoms with E-state index in [1.54, 1.807) is 0 Å². The molecule has 0 N–H and O–H groups in total. The van der Waals surface area contributed by atoms with Gasteiger partial charge in [-0.15, -0.1) is 0 Å². The molecule has 0 aromatic rings. The highest BCUT2D eigenvalue weighted by Gasteiger charge is 2.59. The van der Waals surface area contributed by atoms with E-state index in [4.69, 9.17) is 4.74 Å². The zero-order valence-corrected chi connectivity index (χ0v) is 10.8. The normalized spacial score (nSPS) is 41.3. The van der Waals surface area contributed by atoms with Gasteiger partial charge in [0.05, 0.1) is 5.60 Å². The lowest BCUT2D eigenvalue weighted by Crippen LogP contribution is -2.37. The Hall–Kier alpha value is -0.500. The van der Waals surface area contributed by atoms with Gasteiger partial charge < -0.3 is 9.64 Å². The number of rotatable bonds is 1. The van der Waals surface area contributed by atoms with Crippen LogP contribution in [0, 0.1) is 5.41 Å². The van der Waals surface area contributed by atoms with E-state index in [-0.39, 0.29) is 5.60 Å². The fraction of sp³-hybridized carbons (Fsp3) is 0.857. The van der Waals surface area contributed by atoms with Crippen LogP contribution in [-0.4, -0.2) is 29.7 Å². The monoisotopic (exact) mass is 221 g/mol. The van der Waals surface area contributed by atoms with Gasteiger partial charge in [0.2, 0.25) is 0 Å². The summed E-state index contributed by atoms with van der Waals surface area (Å²) in [4.78, 5) is 2.57. The number of allylic oxidation sites excluding steroid dienone is 1. The molecule has 0 spiro atoms. The summed E-state index contributed by atoms with van der Waals surface area (Å²) in [6.07, 6.45) is 8.14. The van der Waals surface area contributed by atoms with Gasteiger partial charge in [0.1, 0.15) is 6.10 Å². The minimum absolute atomic E-state index is 0.144. The van der Waals surface area contributed by atoms with Gasteiger partial charge >= 0.3 is 0 Å². The van der Waals surface area contributed by atoms with Crippen molar-refractivity contribution in [2.24, 2.45) is 5.41 Å². The Morgan fingerprint density at radius 1 is 1.19 bits per heavy atom. The fourth-order valence-electron chi connectivity index (χ4n) is 3.58. The summed E-state index contributed by atoms with van der Waals surface area (Å²) >= 11 is 0. The quantitative estimate of drug-likeness (QED) is 0.633. The first kappa shape index (κ1) is 10.6. The van der Waals surface area contributed by atoms with E-state index >= 15 is 0 Å². The van der Waals surface area contributed by atoms with Crippen molar-refractivity contribution in [2.75, 3.05) is 13.1 Å². The molecule has 90 valence electrons. The van der Waals surface area contributed by atoms with Gasteiger partial charge in [-0.2, -0.15) is 0 Å². The molecule has 2 atom stereocenters. The van der Waals surface area contributed by atoms with Crippen LogP contribution in [0.2, 0.25) is 0 Å². The Morgan fingerprint density at radius 2 is 1.88 bits per heavy atom. The third kappa shape index (κ3) is 1.67. The maximum Gasteiger partial charge on any atom is 0.126 e. The molecule has 2 nitrogen and oxygen atoms in total. The average Bonchev–Trinajstić information content (AvgIpc) is 2.87. The molecule has 1 aliphatic carbocycles. The van der Waals surface area contributed by atoms with Crippen LogP contribution in [0.1, 0.15) is 46.5 Å². The van der Waals surface area contributed by atoms with E-state index in [1.807, 2.05) is 0 Å². The molecule has 0 bridgehead atoms. The van der Waals surface area contributed by atoms with Crippen molar-refractivity contribution in [3.05, 3.63) is 11.8 Å². The molecule has 0 amide bonds. The van der Waals surface area contributed by atoms with E-state index in [0.29, 0.717) is 11.5 Å². The number of hydrogen-bond acceptors (Lipinski definition) is 2. The Balaban J connectivity index is 1.85. The van der Waals surface area contributed by atoms with E-state index < -0.39 is 0 Å². The first-order valence-electron chi connectivity index (χ1n) is 6.66. The molecule has 0 radical (unpaired) electrons. The molecule has 2 aliphatic heterocycles. The summed E-state index contributed by atoms with van der Waals surface area (Å²) in [7, 11) is 0. The largest absolute Gasteiger partial charge is 0.373 e. The third-order valence-electron chi connectivity index (χ3n) is 4.22. The van der Waals surface area contributed by atoms with Crippen LogP contribution in [0.15, 0.2) is 11.8 Å². The van der Waals surface area contributed by atoms with Gasteiger partial charge in [-0.3, -0.25) is 0 Å². The standard InChI is InChI=1S/C14H23NO/c1-13(2)9-11(12-14(3,10-13)16-12)15-7-5-4-6-8-15/h9,12H,4-8,10H2,1-3H3. The maximum absolute atomic E-state index is 5.96. The van der Waals surface area contributed by atoms with Gasteiger partial charge in [-0.25, -0.2) is 0 Å². The summed E-state index contributed by atoms with van der Waals surface area (Å²) in [5.41, 5.74) is 1.93. The summed E-state index contributed by atoms with van der Waals surface area (Å²) < 4.78 is 5.96.